The fourth-order valence-corrected chi connectivity index (χ4v) is 1.63. The maximum atomic E-state index is 9.85. The van der Waals surface area contributed by atoms with Gasteiger partial charge in [0.2, 0.25) is 0 Å². The molecule has 2 aromatic rings. The molecule has 6 heteroatoms. The summed E-state index contributed by atoms with van der Waals surface area (Å²) >= 11 is 0. The number of phenolic OH excluding ortho intramolecular Hbond substituents is 1. The number of aliphatic imine (C=N–C) groups is 1. The monoisotopic (exact) mass is 405 g/mol. The molecule has 0 saturated carbocycles. The van der Waals surface area contributed by atoms with Gasteiger partial charge in [0.05, 0.1) is 5.69 Å². The van der Waals surface area contributed by atoms with Crippen LogP contribution in [0.25, 0.3) is 16.0 Å². The molecule has 1 N–H and O–H groups in total. The van der Waals surface area contributed by atoms with E-state index in [4.69, 9.17) is 0 Å². The van der Waals surface area contributed by atoms with E-state index in [2.05, 4.69) is 20.9 Å². The number of hydrogen-bond acceptors (Lipinski definition) is 2. The molecule has 0 bridgehead atoms. The molecule has 0 aliphatic heterocycles. The van der Waals surface area contributed by atoms with Crippen LogP contribution < -0.4 is 0 Å². The summed E-state index contributed by atoms with van der Waals surface area (Å²) in [6.07, 6.45) is 1.70. The molecule has 0 fully saturated rings. The van der Waals surface area contributed by atoms with Crippen LogP contribution in [-0.2, 0) is 21.7 Å². The largest absolute Gasteiger partial charge is 3.00 e. The van der Waals surface area contributed by atoms with Crippen LogP contribution in [0.4, 0.5) is 5.69 Å². The molecular weight excluding hydrogens is 372 g/mol. The minimum absolute atomic E-state index is 0. The van der Waals surface area contributed by atoms with Gasteiger partial charge in [0.25, 0.3) is 0 Å². The molecule has 0 unspecified atom stereocenters. The zero-order valence-corrected chi connectivity index (χ0v) is 19.4. The molecule has 1 radical (unpaired) electrons. The molecule has 5 nitrogen and oxygen atoms in total. The smallest absolute Gasteiger partial charge is 0.668 e. The Morgan fingerprint density at radius 1 is 0.741 bits per heavy atom. The second-order valence-electron chi connectivity index (χ2n) is 5.40. The Labute approximate surface area is 180 Å². The van der Waals surface area contributed by atoms with Crippen molar-refractivity contribution in [3.05, 3.63) is 75.1 Å². The SMILES string of the molecule is C[N-]C.C[N-]C.C[N-]C.Cc1ccccc1N=Cc1cccc(C)c1O.[Ti+3]. The predicted octanol–water partition coefficient (Wildman–Crippen LogP) is 5.62. The third-order valence-corrected chi connectivity index (χ3v) is 2.73. The Hall–Kier alpha value is -1.50. The summed E-state index contributed by atoms with van der Waals surface area (Å²) in [5, 5.41) is 20.4. The van der Waals surface area contributed by atoms with Gasteiger partial charge in [-0.15, -0.1) is 0 Å². The van der Waals surface area contributed by atoms with E-state index < -0.39 is 0 Å². The third-order valence-electron chi connectivity index (χ3n) is 2.73. The van der Waals surface area contributed by atoms with Gasteiger partial charge >= 0.3 is 21.7 Å². The number of hydrogen-bond donors (Lipinski definition) is 1. The Morgan fingerprint density at radius 2 is 1.19 bits per heavy atom. The van der Waals surface area contributed by atoms with Crippen LogP contribution in [0.3, 0.4) is 0 Å². The summed E-state index contributed by atoms with van der Waals surface area (Å²) in [5.41, 5.74) is 3.65. The maximum absolute atomic E-state index is 9.85. The van der Waals surface area contributed by atoms with Crippen molar-refractivity contribution >= 4 is 11.9 Å². The van der Waals surface area contributed by atoms with E-state index in [1.54, 1.807) is 48.5 Å². The molecule has 0 spiro atoms. The van der Waals surface area contributed by atoms with E-state index >= 15 is 0 Å². The van der Waals surface area contributed by atoms with Crippen LogP contribution >= 0.6 is 0 Å². The van der Waals surface area contributed by atoms with Crippen molar-refractivity contribution in [1.29, 1.82) is 0 Å². The first-order valence-electron chi connectivity index (χ1n) is 8.25. The molecule has 2 rings (SSSR count). The molecule has 0 amide bonds. The van der Waals surface area contributed by atoms with Gasteiger partial charge in [-0.2, -0.15) is 42.3 Å². The van der Waals surface area contributed by atoms with Gasteiger partial charge in [0.15, 0.2) is 0 Å². The second-order valence-corrected chi connectivity index (χ2v) is 5.40. The molecule has 0 aromatic heterocycles. The van der Waals surface area contributed by atoms with Crippen LogP contribution in [0.5, 0.6) is 5.75 Å². The van der Waals surface area contributed by atoms with E-state index in [9.17, 15) is 5.11 Å². The Kier molecular flexibility index (Phi) is 23.3. The molecule has 0 aliphatic rings. The summed E-state index contributed by atoms with van der Waals surface area (Å²) in [5.74, 6) is 0.296. The minimum Gasteiger partial charge on any atom is -0.668 e. The molecule has 0 heterocycles. The Morgan fingerprint density at radius 3 is 1.67 bits per heavy atom. The van der Waals surface area contributed by atoms with Crippen molar-refractivity contribution < 1.29 is 26.8 Å². The van der Waals surface area contributed by atoms with Crippen molar-refractivity contribution in [3.63, 3.8) is 0 Å². The number of benzene rings is 2. The molecule has 0 atom stereocenters. The first-order chi connectivity index (χ1) is 12.4. The molecule has 147 valence electrons. The number of aromatic hydroxyl groups is 1. The predicted molar refractivity (Wildman–Crippen MR) is 117 cm³/mol. The summed E-state index contributed by atoms with van der Waals surface area (Å²) in [6.45, 7) is 3.89. The second kappa shape index (κ2) is 20.8. The van der Waals surface area contributed by atoms with Crippen LogP contribution in [0.2, 0.25) is 0 Å². The molecule has 0 saturated heterocycles. The molecule has 0 aliphatic carbocycles. The number of nitrogens with zero attached hydrogens (tertiary/aromatic N) is 4. The number of para-hydroxylation sites is 2. The topological polar surface area (TPSA) is 74.9 Å². The fraction of sp³-hybridized carbons (Fsp3) is 0.381. The Balaban J connectivity index is -0.000000492. The molecule has 2 aromatic carbocycles. The van der Waals surface area contributed by atoms with E-state index in [0.29, 0.717) is 5.75 Å². The zero-order valence-electron chi connectivity index (χ0n) is 17.9. The number of aryl methyl sites for hydroxylation is 2. The van der Waals surface area contributed by atoms with E-state index in [0.717, 1.165) is 22.4 Å². The summed E-state index contributed by atoms with van der Waals surface area (Å²) in [4.78, 5) is 4.39. The average molecular weight is 405 g/mol. The Bertz CT molecular complexity index is 614. The third kappa shape index (κ3) is 15.3. The van der Waals surface area contributed by atoms with Gasteiger partial charge in [-0.1, -0.05) is 30.3 Å². The summed E-state index contributed by atoms with van der Waals surface area (Å²) < 4.78 is 0. The normalized spacial score (nSPS) is 8.89. The molecule has 27 heavy (non-hydrogen) atoms. The minimum atomic E-state index is 0. The van der Waals surface area contributed by atoms with E-state index in [1.165, 1.54) is 0 Å². The standard InChI is InChI=1S/C15H15NO.3C2H6N.Ti/c1-11-6-3-4-9-14(11)16-10-13-8-5-7-12(2)15(13)17;3*1-3-2;/h3-10,17H,1-2H3;3*1-2H3;/q;3*-1;+3. The van der Waals surface area contributed by atoms with Crippen LogP contribution in [0, 0.1) is 13.8 Å². The van der Waals surface area contributed by atoms with Gasteiger partial charge in [-0.05, 0) is 37.1 Å². The molecular formula is C21H33N4OTi. The van der Waals surface area contributed by atoms with Gasteiger partial charge in [-0.3, -0.25) is 4.99 Å². The van der Waals surface area contributed by atoms with Crippen molar-refractivity contribution in [1.82, 2.24) is 0 Å². The first kappa shape index (κ1) is 30.2. The van der Waals surface area contributed by atoms with Gasteiger partial charge < -0.3 is 21.1 Å². The van der Waals surface area contributed by atoms with Gasteiger partial charge in [0.1, 0.15) is 5.75 Å². The van der Waals surface area contributed by atoms with Gasteiger partial charge in [-0.25, -0.2) is 0 Å². The maximum Gasteiger partial charge on any atom is 3.00 e. The van der Waals surface area contributed by atoms with Gasteiger partial charge in [0, 0.05) is 11.8 Å². The van der Waals surface area contributed by atoms with E-state index in [-0.39, 0.29) is 21.7 Å². The van der Waals surface area contributed by atoms with Crippen LogP contribution in [0.15, 0.2) is 47.5 Å². The van der Waals surface area contributed by atoms with Crippen LogP contribution in [0.1, 0.15) is 16.7 Å². The first-order valence-corrected chi connectivity index (χ1v) is 8.25. The average Bonchev–Trinajstić information content (AvgIpc) is 2.60. The van der Waals surface area contributed by atoms with Crippen molar-refractivity contribution in [3.8, 4) is 5.75 Å². The summed E-state index contributed by atoms with van der Waals surface area (Å²) in [6, 6.07) is 13.6. The number of phenols is 1. The van der Waals surface area contributed by atoms with Crippen molar-refractivity contribution in [2.24, 2.45) is 4.99 Å². The van der Waals surface area contributed by atoms with E-state index in [1.807, 2.05) is 56.3 Å². The zero-order chi connectivity index (χ0) is 20.4. The fourth-order valence-electron chi connectivity index (χ4n) is 1.63. The quantitative estimate of drug-likeness (QED) is 0.511. The van der Waals surface area contributed by atoms with Crippen molar-refractivity contribution in [2.45, 2.75) is 13.8 Å². The summed E-state index contributed by atoms with van der Waals surface area (Å²) in [7, 11) is 10.5. The van der Waals surface area contributed by atoms with Crippen molar-refractivity contribution in [2.75, 3.05) is 42.3 Å². The van der Waals surface area contributed by atoms with Crippen LogP contribution in [-0.4, -0.2) is 53.6 Å². The number of rotatable bonds is 2.